The summed E-state index contributed by atoms with van der Waals surface area (Å²) in [7, 11) is 0. The van der Waals surface area contributed by atoms with Crippen molar-refractivity contribution < 1.29 is 8.78 Å². The summed E-state index contributed by atoms with van der Waals surface area (Å²) < 4.78 is 25.4. The summed E-state index contributed by atoms with van der Waals surface area (Å²) in [4.78, 5) is 0. The molecule has 1 unspecified atom stereocenters. The number of halogens is 2. The van der Waals surface area contributed by atoms with Crippen LogP contribution in [-0.2, 0) is 5.75 Å². The van der Waals surface area contributed by atoms with E-state index in [0.717, 1.165) is 23.8 Å². The van der Waals surface area contributed by atoms with Crippen LogP contribution in [0.2, 0.25) is 0 Å². The normalized spacial score (nSPS) is 12.8. The molecule has 0 aliphatic carbocycles. The van der Waals surface area contributed by atoms with Gasteiger partial charge in [-0.3, -0.25) is 0 Å². The highest BCUT2D eigenvalue weighted by atomic mass is 32.2. The van der Waals surface area contributed by atoms with E-state index in [0.29, 0.717) is 5.75 Å². The molecule has 0 heterocycles. The van der Waals surface area contributed by atoms with Gasteiger partial charge in [-0.05, 0) is 36.8 Å². The maximum absolute atomic E-state index is 12.8. The third-order valence-electron chi connectivity index (χ3n) is 1.97. The average Bonchev–Trinajstić information content (AvgIpc) is 2.18. The molecule has 0 aromatic heterocycles. The molecule has 0 spiro atoms. The number of thioether (sulfide) groups is 1. The number of rotatable bonds is 5. The first-order chi connectivity index (χ1) is 7.09. The van der Waals surface area contributed by atoms with Crippen molar-refractivity contribution in [3.05, 3.63) is 35.4 Å². The van der Waals surface area contributed by atoms with Crippen LogP contribution in [-0.4, -0.2) is 11.8 Å². The maximum atomic E-state index is 12.8. The molecule has 0 radical (unpaired) electrons. The fourth-order valence-corrected chi connectivity index (χ4v) is 2.19. The van der Waals surface area contributed by atoms with Crippen molar-refractivity contribution in [3.63, 3.8) is 0 Å². The Morgan fingerprint density at radius 1 is 1.33 bits per heavy atom. The van der Waals surface area contributed by atoms with Crippen molar-refractivity contribution in [1.29, 1.82) is 0 Å². The van der Waals surface area contributed by atoms with E-state index in [4.69, 9.17) is 5.73 Å². The summed E-state index contributed by atoms with van der Waals surface area (Å²) in [6, 6.07) is 4.21. The fraction of sp³-hybridized carbons (Fsp3) is 0.455. The Morgan fingerprint density at radius 2 is 2.07 bits per heavy atom. The van der Waals surface area contributed by atoms with Crippen LogP contribution < -0.4 is 5.73 Å². The standard InChI is InChI=1S/C11H15F2NS/c1-8(14)4-5-15-7-9-2-3-10(12)11(13)6-9/h2-3,6,8H,4-5,7,14H2,1H3. The van der Waals surface area contributed by atoms with E-state index >= 15 is 0 Å². The zero-order valence-corrected chi connectivity index (χ0v) is 9.49. The van der Waals surface area contributed by atoms with Crippen LogP contribution in [0, 0.1) is 11.6 Å². The molecule has 0 aliphatic rings. The number of benzene rings is 1. The van der Waals surface area contributed by atoms with Gasteiger partial charge >= 0.3 is 0 Å². The van der Waals surface area contributed by atoms with Gasteiger partial charge in [-0.25, -0.2) is 8.78 Å². The highest BCUT2D eigenvalue weighted by molar-refractivity contribution is 7.98. The highest BCUT2D eigenvalue weighted by Gasteiger charge is 2.02. The van der Waals surface area contributed by atoms with Gasteiger partial charge in [0.15, 0.2) is 11.6 Å². The Bertz CT molecular complexity index is 315. The first-order valence-electron chi connectivity index (χ1n) is 4.87. The first-order valence-corrected chi connectivity index (χ1v) is 6.02. The van der Waals surface area contributed by atoms with Crippen LogP contribution in [0.3, 0.4) is 0 Å². The fourth-order valence-electron chi connectivity index (χ4n) is 1.09. The largest absolute Gasteiger partial charge is 0.328 e. The summed E-state index contributed by atoms with van der Waals surface area (Å²) in [5, 5.41) is 0. The van der Waals surface area contributed by atoms with Gasteiger partial charge in [0, 0.05) is 11.8 Å². The molecule has 1 atom stereocenters. The molecule has 0 saturated heterocycles. The Labute approximate surface area is 93.1 Å². The van der Waals surface area contributed by atoms with Gasteiger partial charge in [0.25, 0.3) is 0 Å². The van der Waals surface area contributed by atoms with Crippen LogP contribution in [0.5, 0.6) is 0 Å². The number of hydrogen-bond acceptors (Lipinski definition) is 2. The second-order valence-corrected chi connectivity index (χ2v) is 4.67. The van der Waals surface area contributed by atoms with Crippen LogP contribution >= 0.6 is 11.8 Å². The van der Waals surface area contributed by atoms with Crippen LogP contribution in [0.25, 0.3) is 0 Å². The minimum atomic E-state index is -0.792. The topological polar surface area (TPSA) is 26.0 Å². The van der Waals surface area contributed by atoms with Crippen LogP contribution in [0.4, 0.5) is 8.78 Å². The van der Waals surface area contributed by atoms with E-state index in [1.165, 1.54) is 6.07 Å². The van der Waals surface area contributed by atoms with Crippen LogP contribution in [0.15, 0.2) is 18.2 Å². The lowest BCUT2D eigenvalue weighted by molar-refractivity contribution is 0.507. The summed E-state index contributed by atoms with van der Waals surface area (Å²) in [6.07, 6.45) is 0.939. The van der Waals surface area contributed by atoms with Gasteiger partial charge in [-0.15, -0.1) is 0 Å². The van der Waals surface area contributed by atoms with Crippen molar-refractivity contribution in [2.45, 2.75) is 25.1 Å². The summed E-state index contributed by atoms with van der Waals surface area (Å²) in [6.45, 7) is 1.96. The molecule has 0 amide bonds. The molecule has 0 aliphatic heterocycles. The van der Waals surface area contributed by atoms with E-state index < -0.39 is 11.6 Å². The monoisotopic (exact) mass is 231 g/mol. The predicted octanol–water partition coefficient (Wildman–Crippen LogP) is 2.94. The summed E-state index contributed by atoms with van der Waals surface area (Å²) >= 11 is 1.68. The van der Waals surface area contributed by atoms with E-state index in [-0.39, 0.29) is 6.04 Å². The SMILES string of the molecule is CC(N)CCSCc1ccc(F)c(F)c1. The lowest BCUT2D eigenvalue weighted by atomic mass is 10.2. The number of hydrogen-bond donors (Lipinski definition) is 1. The second kappa shape index (κ2) is 6.08. The smallest absolute Gasteiger partial charge is 0.159 e. The van der Waals surface area contributed by atoms with Gasteiger partial charge in [0.1, 0.15) is 0 Å². The van der Waals surface area contributed by atoms with E-state index in [9.17, 15) is 8.78 Å². The lowest BCUT2D eigenvalue weighted by Gasteiger charge is -2.05. The van der Waals surface area contributed by atoms with Gasteiger partial charge in [0.2, 0.25) is 0 Å². The molecule has 4 heteroatoms. The van der Waals surface area contributed by atoms with Crippen molar-refractivity contribution in [3.8, 4) is 0 Å². The minimum Gasteiger partial charge on any atom is -0.328 e. The Balaban J connectivity index is 2.35. The molecule has 2 N–H and O–H groups in total. The zero-order valence-electron chi connectivity index (χ0n) is 8.67. The molecule has 1 rings (SSSR count). The molecule has 1 aromatic carbocycles. The molecular formula is C11H15F2NS. The molecule has 15 heavy (non-hydrogen) atoms. The van der Waals surface area contributed by atoms with Gasteiger partial charge in [-0.1, -0.05) is 6.07 Å². The van der Waals surface area contributed by atoms with E-state index in [1.807, 2.05) is 6.92 Å². The quantitative estimate of drug-likeness (QED) is 0.788. The molecule has 0 fully saturated rings. The molecule has 1 nitrogen and oxygen atoms in total. The third kappa shape index (κ3) is 4.62. The maximum Gasteiger partial charge on any atom is 0.159 e. The van der Waals surface area contributed by atoms with Crippen molar-refractivity contribution in [2.24, 2.45) is 5.73 Å². The molecular weight excluding hydrogens is 216 g/mol. The van der Waals surface area contributed by atoms with Gasteiger partial charge < -0.3 is 5.73 Å². The third-order valence-corrected chi connectivity index (χ3v) is 3.03. The first kappa shape index (κ1) is 12.5. The zero-order chi connectivity index (χ0) is 11.3. The lowest BCUT2D eigenvalue weighted by Crippen LogP contribution is -2.15. The van der Waals surface area contributed by atoms with Gasteiger partial charge in [0.05, 0.1) is 0 Å². The Morgan fingerprint density at radius 3 is 2.67 bits per heavy atom. The Kier molecular flexibility index (Phi) is 5.05. The molecule has 1 aromatic rings. The molecule has 0 bridgehead atoms. The Hall–Kier alpha value is -0.610. The number of nitrogens with two attached hydrogens (primary N) is 1. The van der Waals surface area contributed by atoms with Crippen molar-refractivity contribution >= 4 is 11.8 Å². The van der Waals surface area contributed by atoms with E-state index in [2.05, 4.69) is 0 Å². The summed E-state index contributed by atoms with van der Waals surface area (Å²) in [5.41, 5.74) is 6.40. The van der Waals surface area contributed by atoms with E-state index in [1.54, 1.807) is 17.8 Å². The summed E-state index contributed by atoms with van der Waals surface area (Å²) in [5.74, 6) is 0.0697. The molecule has 0 saturated carbocycles. The van der Waals surface area contributed by atoms with Crippen molar-refractivity contribution in [2.75, 3.05) is 5.75 Å². The van der Waals surface area contributed by atoms with Crippen LogP contribution in [0.1, 0.15) is 18.9 Å². The average molecular weight is 231 g/mol. The van der Waals surface area contributed by atoms with Crippen molar-refractivity contribution in [1.82, 2.24) is 0 Å². The predicted molar refractivity (Wildman–Crippen MR) is 60.8 cm³/mol. The van der Waals surface area contributed by atoms with Gasteiger partial charge in [-0.2, -0.15) is 11.8 Å². The minimum absolute atomic E-state index is 0.197. The molecule has 84 valence electrons. The second-order valence-electron chi connectivity index (χ2n) is 3.57. The highest BCUT2D eigenvalue weighted by Crippen LogP contribution is 2.16.